The number of ether oxygens (including phenoxy) is 1. The van der Waals surface area contributed by atoms with Gasteiger partial charge in [-0.1, -0.05) is 12.1 Å². The van der Waals surface area contributed by atoms with Crippen LogP contribution in [0.3, 0.4) is 0 Å². The van der Waals surface area contributed by atoms with Crippen LogP contribution in [0.1, 0.15) is 34.9 Å². The fraction of sp³-hybridized carbons (Fsp3) is 0.412. The van der Waals surface area contributed by atoms with Crippen LogP contribution in [0.4, 0.5) is 5.69 Å². The number of nitrogens with one attached hydrogen (secondary N) is 1. The fourth-order valence-electron chi connectivity index (χ4n) is 2.78. The third-order valence-electron chi connectivity index (χ3n) is 4.06. The fourth-order valence-corrected chi connectivity index (χ4v) is 3.65. The highest BCUT2D eigenvalue weighted by Crippen LogP contribution is 2.45. The monoisotopic (exact) mass is 287 g/mol. The molecular formula is C17H21NOS. The van der Waals surface area contributed by atoms with Crippen LogP contribution in [0.25, 0.3) is 0 Å². The number of benzene rings is 1. The molecule has 2 nitrogen and oxygen atoms in total. The minimum absolute atomic E-state index is 0.445. The smallest absolute Gasteiger partial charge is 0.126 e. The average Bonchev–Trinajstić information content (AvgIpc) is 3.13. The van der Waals surface area contributed by atoms with Crippen molar-refractivity contribution in [3.63, 3.8) is 0 Å². The molecule has 1 aliphatic rings. The van der Waals surface area contributed by atoms with Gasteiger partial charge < -0.3 is 10.1 Å². The molecule has 0 spiro atoms. The van der Waals surface area contributed by atoms with E-state index in [-0.39, 0.29) is 0 Å². The zero-order valence-electron chi connectivity index (χ0n) is 12.3. The van der Waals surface area contributed by atoms with E-state index in [1.165, 1.54) is 34.5 Å². The number of anilines is 1. The van der Waals surface area contributed by atoms with Crippen molar-refractivity contribution in [2.24, 2.45) is 5.92 Å². The topological polar surface area (TPSA) is 21.3 Å². The minimum atomic E-state index is 0.445. The van der Waals surface area contributed by atoms with E-state index in [1.807, 2.05) is 11.3 Å². The molecule has 1 aliphatic carbocycles. The number of hydrogen-bond acceptors (Lipinski definition) is 3. The molecule has 0 radical (unpaired) electrons. The quantitative estimate of drug-likeness (QED) is 0.841. The summed E-state index contributed by atoms with van der Waals surface area (Å²) in [5.41, 5.74) is 3.59. The Labute approximate surface area is 124 Å². The normalized spacial score (nSPS) is 15.9. The first-order valence-electron chi connectivity index (χ1n) is 7.15. The maximum Gasteiger partial charge on any atom is 0.126 e. The molecule has 0 amide bonds. The molecule has 1 heterocycles. The second-order valence-electron chi connectivity index (χ2n) is 5.56. The van der Waals surface area contributed by atoms with E-state index in [2.05, 4.69) is 48.8 Å². The first-order valence-corrected chi connectivity index (χ1v) is 8.03. The van der Waals surface area contributed by atoms with Crippen molar-refractivity contribution in [1.29, 1.82) is 0 Å². The summed E-state index contributed by atoms with van der Waals surface area (Å²) in [5.74, 6) is 1.77. The number of aryl methyl sites for hydroxylation is 1. The second kappa shape index (κ2) is 5.49. The summed E-state index contributed by atoms with van der Waals surface area (Å²) in [7, 11) is 1.75. The minimum Gasteiger partial charge on any atom is -0.496 e. The molecule has 1 fully saturated rings. The van der Waals surface area contributed by atoms with Gasteiger partial charge in [-0.05, 0) is 55.7 Å². The van der Waals surface area contributed by atoms with Crippen LogP contribution in [0, 0.1) is 19.8 Å². The lowest BCUT2D eigenvalue weighted by Crippen LogP contribution is -2.12. The van der Waals surface area contributed by atoms with Crippen molar-refractivity contribution in [2.45, 2.75) is 32.7 Å². The highest BCUT2D eigenvalue weighted by atomic mass is 32.1. The van der Waals surface area contributed by atoms with Crippen LogP contribution in [0.5, 0.6) is 5.75 Å². The Morgan fingerprint density at radius 2 is 2.05 bits per heavy atom. The van der Waals surface area contributed by atoms with Crippen molar-refractivity contribution in [3.05, 3.63) is 45.6 Å². The van der Waals surface area contributed by atoms with E-state index >= 15 is 0 Å². The van der Waals surface area contributed by atoms with Gasteiger partial charge in [-0.25, -0.2) is 0 Å². The van der Waals surface area contributed by atoms with E-state index in [4.69, 9.17) is 4.74 Å². The zero-order valence-corrected chi connectivity index (χ0v) is 13.1. The zero-order chi connectivity index (χ0) is 14.1. The molecule has 20 heavy (non-hydrogen) atoms. The number of hydrogen-bond donors (Lipinski definition) is 1. The van der Waals surface area contributed by atoms with Crippen molar-refractivity contribution >= 4 is 17.0 Å². The molecule has 1 saturated carbocycles. The summed E-state index contributed by atoms with van der Waals surface area (Å²) in [6.45, 7) is 4.22. The molecule has 0 saturated heterocycles. The Kier molecular flexibility index (Phi) is 3.70. The summed E-state index contributed by atoms with van der Waals surface area (Å²) in [5, 5.41) is 5.91. The summed E-state index contributed by atoms with van der Waals surface area (Å²) >= 11 is 1.84. The van der Waals surface area contributed by atoms with Crippen LogP contribution < -0.4 is 10.1 Å². The third-order valence-corrected chi connectivity index (χ3v) is 5.02. The van der Waals surface area contributed by atoms with E-state index in [0.717, 1.165) is 11.7 Å². The number of rotatable bonds is 5. The highest BCUT2D eigenvalue weighted by molar-refractivity contribution is 7.10. The third kappa shape index (κ3) is 2.55. The van der Waals surface area contributed by atoms with E-state index in [1.54, 1.807) is 7.11 Å². The Morgan fingerprint density at radius 3 is 2.65 bits per heavy atom. The van der Waals surface area contributed by atoms with E-state index in [0.29, 0.717) is 6.04 Å². The maximum atomic E-state index is 5.53. The molecule has 3 heteroatoms. The summed E-state index contributed by atoms with van der Waals surface area (Å²) in [6, 6.07) is 9.13. The Morgan fingerprint density at radius 1 is 1.25 bits per heavy atom. The Balaban J connectivity index is 1.89. The molecule has 3 rings (SSSR count). The van der Waals surface area contributed by atoms with Gasteiger partial charge >= 0.3 is 0 Å². The lowest BCUT2D eigenvalue weighted by atomic mass is 10.1. The first kappa shape index (κ1) is 13.5. The average molecular weight is 287 g/mol. The van der Waals surface area contributed by atoms with Gasteiger partial charge in [0.05, 0.1) is 13.2 Å². The van der Waals surface area contributed by atoms with Gasteiger partial charge in [-0.3, -0.25) is 0 Å². The molecule has 0 aliphatic heterocycles. The van der Waals surface area contributed by atoms with Crippen molar-refractivity contribution in [2.75, 3.05) is 12.4 Å². The summed E-state index contributed by atoms with van der Waals surface area (Å²) in [6.07, 6.45) is 2.66. The largest absolute Gasteiger partial charge is 0.496 e. The van der Waals surface area contributed by atoms with Crippen LogP contribution in [0.2, 0.25) is 0 Å². The van der Waals surface area contributed by atoms with Crippen molar-refractivity contribution in [3.8, 4) is 5.75 Å². The molecule has 1 atom stereocenters. The highest BCUT2D eigenvalue weighted by Gasteiger charge is 2.33. The SMILES string of the molecule is COc1c(C)ccc(NC(c2cccs2)C2CC2)c1C. The summed E-state index contributed by atoms with van der Waals surface area (Å²) in [4.78, 5) is 1.44. The van der Waals surface area contributed by atoms with Crippen molar-refractivity contribution < 1.29 is 4.74 Å². The molecule has 106 valence electrons. The van der Waals surface area contributed by atoms with Gasteiger partial charge in [0.1, 0.15) is 5.75 Å². The van der Waals surface area contributed by atoms with Gasteiger partial charge in [0, 0.05) is 16.1 Å². The number of methoxy groups -OCH3 is 1. The van der Waals surface area contributed by atoms with Crippen LogP contribution in [-0.2, 0) is 0 Å². The first-order chi connectivity index (χ1) is 9.70. The predicted octanol–water partition coefficient (Wildman–Crippen LogP) is 4.94. The van der Waals surface area contributed by atoms with Crippen LogP contribution in [0.15, 0.2) is 29.6 Å². The van der Waals surface area contributed by atoms with Gasteiger partial charge in [0.15, 0.2) is 0 Å². The molecule has 1 aromatic carbocycles. The van der Waals surface area contributed by atoms with Gasteiger partial charge in [-0.2, -0.15) is 0 Å². The van der Waals surface area contributed by atoms with Gasteiger partial charge in [0.2, 0.25) is 0 Å². The molecule has 0 bridgehead atoms. The lowest BCUT2D eigenvalue weighted by Gasteiger charge is -2.21. The van der Waals surface area contributed by atoms with Gasteiger partial charge in [0.25, 0.3) is 0 Å². The predicted molar refractivity (Wildman–Crippen MR) is 85.9 cm³/mol. The molecule has 1 aromatic heterocycles. The molecule has 1 N–H and O–H groups in total. The standard InChI is InChI=1S/C17H21NOS/c1-11-6-9-14(12(2)17(11)19-3)18-16(13-7-8-13)15-5-4-10-20-15/h4-6,9-10,13,16,18H,7-8H2,1-3H3. The van der Waals surface area contributed by atoms with E-state index < -0.39 is 0 Å². The number of thiophene rings is 1. The van der Waals surface area contributed by atoms with Crippen LogP contribution >= 0.6 is 11.3 Å². The maximum absolute atomic E-state index is 5.53. The Bertz CT molecular complexity index is 587. The van der Waals surface area contributed by atoms with Crippen molar-refractivity contribution in [1.82, 2.24) is 0 Å². The lowest BCUT2D eigenvalue weighted by molar-refractivity contribution is 0.408. The molecule has 1 unspecified atom stereocenters. The molecule has 2 aromatic rings. The summed E-state index contributed by atoms with van der Waals surface area (Å²) < 4.78 is 5.53. The Hall–Kier alpha value is -1.48. The molecular weight excluding hydrogens is 266 g/mol. The van der Waals surface area contributed by atoms with E-state index in [9.17, 15) is 0 Å². The second-order valence-corrected chi connectivity index (χ2v) is 6.54. The van der Waals surface area contributed by atoms with Gasteiger partial charge in [-0.15, -0.1) is 11.3 Å². The van der Waals surface area contributed by atoms with Crippen LogP contribution in [-0.4, -0.2) is 7.11 Å².